The van der Waals surface area contributed by atoms with E-state index < -0.39 is 84.5 Å². The van der Waals surface area contributed by atoms with Crippen molar-refractivity contribution in [2.45, 2.75) is 14.7 Å². The van der Waals surface area contributed by atoms with E-state index in [9.17, 15) is 48.5 Å². The van der Waals surface area contributed by atoms with E-state index >= 15 is 0 Å². The van der Waals surface area contributed by atoms with E-state index in [-0.39, 0.29) is 11.4 Å². The number of benzene rings is 3. The summed E-state index contributed by atoms with van der Waals surface area (Å²) in [6.45, 7) is 0. The fourth-order valence-corrected chi connectivity index (χ4v) is 5.85. The number of rotatable bonds is 5. The minimum absolute atomic E-state index is 0.0982. The standard InChI is InChI=1S/C20H14N2O11S3/c21-9-2-1-3-10(8-9)22-18-14(36(31,32)33)5-4-11-15(18)20(24)17-13(35(28,29)30)7-6-12(34(25,26)27)16(17)19(11)23/h1-8,22H,21H2,(H,25,26,27)(H,28,29,30)(H,31,32,33). The quantitative estimate of drug-likeness (QED) is 0.174. The van der Waals surface area contributed by atoms with E-state index in [1.807, 2.05) is 0 Å². The third-order valence-corrected chi connectivity index (χ3v) is 7.90. The Labute approximate surface area is 203 Å². The smallest absolute Gasteiger partial charge is 0.296 e. The molecule has 1 aliphatic rings. The molecule has 188 valence electrons. The van der Waals surface area contributed by atoms with Crippen molar-refractivity contribution in [2.75, 3.05) is 11.1 Å². The Kier molecular flexibility index (Phi) is 5.78. The van der Waals surface area contributed by atoms with Gasteiger partial charge in [-0.25, -0.2) is 0 Å². The first-order valence-electron chi connectivity index (χ1n) is 9.50. The molecule has 0 aromatic heterocycles. The van der Waals surface area contributed by atoms with Crippen molar-refractivity contribution in [3.63, 3.8) is 0 Å². The number of hydrogen-bond donors (Lipinski definition) is 5. The Morgan fingerprint density at radius 2 is 1.14 bits per heavy atom. The lowest BCUT2D eigenvalue weighted by Gasteiger charge is -2.24. The molecule has 0 fully saturated rings. The number of hydrogen-bond acceptors (Lipinski definition) is 10. The minimum Gasteiger partial charge on any atom is -0.399 e. The van der Waals surface area contributed by atoms with Crippen LogP contribution in [0.5, 0.6) is 0 Å². The zero-order chi connectivity index (χ0) is 26.8. The molecular weight excluding hydrogens is 540 g/mol. The van der Waals surface area contributed by atoms with E-state index in [0.29, 0.717) is 12.1 Å². The van der Waals surface area contributed by atoms with Crippen molar-refractivity contribution in [3.05, 3.63) is 70.8 Å². The lowest BCUT2D eigenvalue weighted by atomic mass is 9.83. The average Bonchev–Trinajstić information content (AvgIpc) is 2.74. The van der Waals surface area contributed by atoms with Crippen LogP contribution in [-0.2, 0) is 30.4 Å². The summed E-state index contributed by atoms with van der Waals surface area (Å²) in [4.78, 5) is 23.8. The summed E-state index contributed by atoms with van der Waals surface area (Å²) < 4.78 is 101. The number of nitrogens with one attached hydrogen (secondary N) is 1. The van der Waals surface area contributed by atoms with Gasteiger partial charge in [0.15, 0.2) is 11.6 Å². The van der Waals surface area contributed by atoms with Crippen LogP contribution in [0.3, 0.4) is 0 Å². The molecule has 3 aromatic rings. The summed E-state index contributed by atoms with van der Waals surface area (Å²) in [5.41, 5.74) is 1.88. The van der Waals surface area contributed by atoms with Gasteiger partial charge in [0.25, 0.3) is 30.4 Å². The molecule has 0 spiro atoms. The van der Waals surface area contributed by atoms with Gasteiger partial charge in [-0.2, -0.15) is 25.3 Å². The van der Waals surface area contributed by atoms with Crippen molar-refractivity contribution >= 4 is 59.0 Å². The molecule has 0 amide bonds. The highest BCUT2D eigenvalue weighted by atomic mass is 32.2. The number of fused-ring (bicyclic) bond motifs is 2. The summed E-state index contributed by atoms with van der Waals surface area (Å²) in [7, 11) is -15.5. The molecule has 1 aliphatic carbocycles. The minimum atomic E-state index is -5.24. The van der Waals surface area contributed by atoms with Crippen LogP contribution in [-0.4, -0.2) is 50.5 Å². The van der Waals surface area contributed by atoms with Gasteiger partial charge >= 0.3 is 0 Å². The predicted octanol–water partition coefficient (Wildman–Crippen LogP) is 1.53. The molecule has 0 aliphatic heterocycles. The Hall–Kier alpha value is -3.67. The molecule has 13 nitrogen and oxygen atoms in total. The Bertz CT molecular complexity index is 1830. The van der Waals surface area contributed by atoms with Gasteiger partial charge in [-0.05, 0) is 42.5 Å². The van der Waals surface area contributed by atoms with Crippen LogP contribution in [0, 0.1) is 0 Å². The van der Waals surface area contributed by atoms with Crippen molar-refractivity contribution in [1.29, 1.82) is 0 Å². The first-order chi connectivity index (χ1) is 16.5. The molecule has 3 aromatic carbocycles. The van der Waals surface area contributed by atoms with Crippen molar-refractivity contribution in [3.8, 4) is 0 Å². The topological polar surface area (TPSA) is 235 Å². The molecule has 16 heteroatoms. The fourth-order valence-electron chi connectivity index (χ4n) is 3.81. The summed E-state index contributed by atoms with van der Waals surface area (Å²) in [6.07, 6.45) is 0. The lowest BCUT2D eigenvalue weighted by Crippen LogP contribution is -2.28. The van der Waals surface area contributed by atoms with Crippen LogP contribution in [0.25, 0.3) is 0 Å². The van der Waals surface area contributed by atoms with E-state index in [2.05, 4.69) is 5.32 Å². The van der Waals surface area contributed by atoms with Gasteiger partial charge in [0, 0.05) is 16.9 Å². The third kappa shape index (κ3) is 4.25. The van der Waals surface area contributed by atoms with Gasteiger partial charge < -0.3 is 11.1 Å². The van der Waals surface area contributed by atoms with Crippen LogP contribution < -0.4 is 11.1 Å². The summed E-state index contributed by atoms with van der Waals surface area (Å²) in [6, 6.07) is 8.23. The number of anilines is 3. The van der Waals surface area contributed by atoms with Gasteiger partial charge in [0.2, 0.25) is 0 Å². The van der Waals surface area contributed by atoms with Crippen molar-refractivity contribution in [1.82, 2.24) is 0 Å². The van der Waals surface area contributed by atoms with Gasteiger partial charge in [-0.3, -0.25) is 23.2 Å². The molecule has 0 saturated carbocycles. The molecule has 4 rings (SSSR count). The van der Waals surface area contributed by atoms with Gasteiger partial charge in [-0.15, -0.1) is 0 Å². The van der Waals surface area contributed by atoms with Crippen LogP contribution >= 0.6 is 0 Å². The molecular formula is C20H14N2O11S3. The molecule has 0 saturated heterocycles. The number of carbonyl (C=O) groups is 2. The normalized spacial score (nSPS) is 13.8. The maximum absolute atomic E-state index is 13.6. The first-order valence-corrected chi connectivity index (χ1v) is 13.8. The third-order valence-electron chi connectivity index (χ3n) is 5.21. The van der Waals surface area contributed by atoms with Gasteiger partial charge in [-0.1, -0.05) is 6.07 Å². The van der Waals surface area contributed by atoms with E-state index in [0.717, 1.165) is 12.1 Å². The highest BCUT2D eigenvalue weighted by Gasteiger charge is 2.41. The number of ketones is 2. The largest absolute Gasteiger partial charge is 0.399 e. The lowest BCUT2D eigenvalue weighted by molar-refractivity contribution is 0.0974. The van der Waals surface area contributed by atoms with E-state index in [1.165, 1.54) is 24.3 Å². The summed E-state index contributed by atoms with van der Waals surface area (Å²) >= 11 is 0. The van der Waals surface area contributed by atoms with E-state index in [1.54, 1.807) is 0 Å². The SMILES string of the molecule is Nc1cccc(Nc2c(S(=O)(=O)O)ccc3c2C(=O)c2c(S(=O)(=O)O)ccc(S(=O)(=O)O)c2C3=O)c1. The molecule has 0 bridgehead atoms. The predicted molar refractivity (Wildman–Crippen MR) is 123 cm³/mol. The second-order valence-electron chi connectivity index (χ2n) is 7.51. The summed E-state index contributed by atoms with van der Waals surface area (Å²) in [5.74, 6) is -2.68. The molecule has 0 heterocycles. The average molecular weight is 555 g/mol. The maximum atomic E-state index is 13.6. The highest BCUT2D eigenvalue weighted by Crippen LogP contribution is 2.41. The number of carbonyl (C=O) groups excluding carboxylic acids is 2. The van der Waals surface area contributed by atoms with Crippen LogP contribution in [0.2, 0.25) is 0 Å². The Morgan fingerprint density at radius 1 is 0.639 bits per heavy atom. The zero-order valence-corrected chi connectivity index (χ0v) is 20.0. The fraction of sp³-hybridized carbons (Fsp3) is 0. The van der Waals surface area contributed by atoms with Crippen LogP contribution in [0.4, 0.5) is 17.1 Å². The number of nitrogen functional groups attached to an aromatic ring is 1. The zero-order valence-electron chi connectivity index (χ0n) is 17.5. The molecule has 0 radical (unpaired) electrons. The first kappa shape index (κ1) is 25.4. The van der Waals surface area contributed by atoms with Crippen LogP contribution in [0.1, 0.15) is 31.8 Å². The van der Waals surface area contributed by atoms with Gasteiger partial charge in [0.1, 0.15) is 14.7 Å². The van der Waals surface area contributed by atoms with Gasteiger partial charge in [0.05, 0.1) is 22.4 Å². The maximum Gasteiger partial charge on any atom is 0.296 e. The molecule has 6 N–H and O–H groups in total. The highest BCUT2D eigenvalue weighted by molar-refractivity contribution is 7.86. The molecule has 36 heavy (non-hydrogen) atoms. The monoisotopic (exact) mass is 554 g/mol. The second-order valence-corrected chi connectivity index (χ2v) is 11.7. The van der Waals surface area contributed by atoms with Crippen LogP contribution in [0.15, 0.2) is 63.2 Å². The number of nitrogens with two attached hydrogens (primary N) is 1. The Balaban J connectivity index is 2.15. The Morgan fingerprint density at radius 3 is 1.64 bits per heavy atom. The van der Waals surface area contributed by atoms with Crippen molar-refractivity contribution < 1.29 is 48.5 Å². The molecule has 0 unspecified atom stereocenters. The second kappa shape index (κ2) is 8.19. The van der Waals surface area contributed by atoms with Crippen molar-refractivity contribution in [2.24, 2.45) is 0 Å². The van der Waals surface area contributed by atoms with E-state index in [4.69, 9.17) is 5.73 Å². The summed E-state index contributed by atoms with van der Waals surface area (Å²) in [5, 5.41) is 2.56. The molecule has 0 atom stereocenters.